The van der Waals surface area contributed by atoms with Gasteiger partial charge in [-0.05, 0) is 43.9 Å². The van der Waals surface area contributed by atoms with Crippen LogP contribution < -0.4 is 5.32 Å². The molecule has 0 aliphatic heterocycles. The molecule has 0 saturated heterocycles. The van der Waals surface area contributed by atoms with E-state index in [1.807, 2.05) is 0 Å². The fourth-order valence-corrected chi connectivity index (χ4v) is 1.87. The Morgan fingerprint density at radius 2 is 2.33 bits per heavy atom. The quantitative estimate of drug-likeness (QED) is 0.776. The van der Waals surface area contributed by atoms with Gasteiger partial charge in [-0.2, -0.15) is 5.26 Å². The van der Waals surface area contributed by atoms with E-state index in [9.17, 15) is 9.90 Å². The molecule has 0 radical (unpaired) electrons. The molecule has 4 nitrogen and oxygen atoms in total. The zero-order valence-electron chi connectivity index (χ0n) is 10.3. The molecule has 1 aliphatic carbocycles. The van der Waals surface area contributed by atoms with E-state index in [-0.39, 0.29) is 11.9 Å². The molecule has 0 spiro atoms. The summed E-state index contributed by atoms with van der Waals surface area (Å²) in [7, 11) is 0. The van der Waals surface area contributed by atoms with Crippen molar-refractivity contribution >= 4 is 11.5 Å². The van der Waals surface area contributed by atoms with Crippen molar-refractivity contribution in [2.75, 3.05) is 11.9 Å². The predicted octanol–water partition coefficient (Wildman–Crippen LogP) is 1.94. The molecule has 1 unspecified atom stereocenters. The molecule has 0 bridgehead atoms. The summed E-state index contributed by atoms with van der Waals surface area (Å²) in [4.78, 5) is 11.3. The Morgan fingerprint density at radius 1 is 1.61 bits per heavy atom. The van der Waals surface area contributed by atoms with Gasteiger partial charge < -0.3 is 10.4 Å². The molecule has 1 aromatic rings. The van der Waals surface area contributed by atoms with Crippen molar-refractivity contribution in [3.63, 3.8) is 0 Å². The van der Waals surface area contributed by atoms with E-state index < -0.39 is 0 Å². The summed E-state index contributed by atoms with van der Waals surface area (Å²) in [5, 5.41) is 21.8. The fourth-order valence-electron chi connectivity index (χ4n) is 1.87. The van der Waals surface area contributed by atoms with E-state index in [2.05, 4.69) is 11.4 Å². The third-order valence-corrected chi connectivity index (χ3v) is 3.21. The van der Waals surface area contributed by atoms with E-state index >= 15 is 0 Å². The number of ketones is 1. The molecule has 1 fully saturated rings. The zero-order valence-corrected chi connectivity index (χ0v) is 10.3. The minimum Gasteiger partial charge on any atom is -0.391 e. The lowest BCUT2D eigenvalue weighted by atomic mass is 10.1. The van der Waals surface area contributed by atoms with Crippen molar-refractivity contribution in [2.45, 2.75) is 25.9 Å². The van der Waals surface area contributed by atoms with Gasteiger partial charge in [0.15, 0.2) is 5.78 Å². The smallest absolute Gasteiger partial charge is 0.159 e. The van der Waals surface area contributed by atoms with Crippen LogP contribution in [0.2, 0.25) is 0 Å². The first kappa shape index (κ1) is 12.6. The number of carbonyl (C=O) groups excluding carboxylic acids is 1. The number of hydrogen-bond donors (Lipinski definition) is 2. The summed E-state index contributed by atoms with van der Waals surface area (Å²) in [6, 6.07) is 7.01. The van der Waals surface area contributed by atoms with Crippen LogP contribution in [0.5, 0.6) is 0 Å². The Balaban J connectivity index is 2.11. The number of rotatable bonds is 5. The number of hydrogen-bond acceptors (Lipinski definition) is 4. The molecular weight excluding hydrogens is 228 g/mol. The van der Waals surface area contributed by atoms with E-state index in [0.717, 1.165) is 12.8 Å². The summed E-state index contributed by atoms with van der Waals surface area (Å²) in [6.07, 6.45) is 1.76. The average Bonchev–Trinajstić information content (AvgIpc) is 3.19. The molecule has 0 amide bonds. The lowest BCUT2D eigenvalue weighted by Gasteiger charge is -2.13. The van der Waals surface area contributed by atoms with Gasteiger partial charge in [-0.25, -0.2) is 0 Å². The summed E-state index contributed by atoms with van der Waals surface area (Å²) >= 11 is 0. The standard InChI is InChI=1S/C14H16N2O2/c1-9(17)11-4-5-12(7-15)13(6-11)16-8-14(18)10-2-3-10/h4-6,10,14,16,18H,2-3,8H2,1H3. The first-order valence-electron chi connectivity index (χ1n) is 6.09. The monoisotopic (exact) mass is 244 g/mol. The summed E-state index contributed by atoms with van der Waals surface area (Å²) in [5.41, 5.74) is 1.67. The highest BCUT2D eigenvalue weighted by molar-refractivity contribution is 5.95. The van der Waals surface area contributed by atoms with Crippen LogP contribution in [-0.2, 0) is 0 Å². The highest BCUT2D eigenvalue weighted by Gasteiger charge is 2.29. The van der Waals surface area contributed by atoms with Gasteiger partial charge in [0.25, 0.3) is 0 Å². The first-order chi connectivity index (χ1) is 8.61. The highest BCUT2D eigenvalue weighted by atomic mass is 16.3. The van der Waals surface area contributed by atoms with Gasteiger partial charge >= 0.3 is 0 Å². The molecule has 2 N–H and O–H groups in total. The van der Waals surface area contributed by atoms with Crippen LogP contribution in [0, 0.1) is 17.2 Å². The van der Waals surface area contributed by atoms with Crippen LogP contribution in [-0.4, -0.2) is 23.5 Å². The third kappa shape index (κ3) is 2.88. The lowest BCUT2D eigenvalue weighted by Crippen LogP contribution is -2.21. The van der Waals surface area contributed by atoms with Crippen molar-refractivity contribution in [2.24, 2.45) is 5.92 Å². The van der Waals surface area contributed by atoms with Crippen molar-refractivity contribution in [3.05, 3.63) is 29.3 Å². The average molecular weight is 244 g/mol. The lowest BCUT2D eigenvalue weighted by molar-refractivity contribution is 0.101. The maximum absolute atomic E-state index is 11.3. The van der Waals surface area contributed by atoms with Crippen molar-refractivity contribution in [1.82, 2.24) is 0 Å². The Hall–Kier alpha value is -1.86. The molecule has 1 aromatic carbocycles. The molecule has 4 heteroatoms. The van der Waals surface area contributed by atoms with Gasteiger partial charge in [-0.1, -0.05) is 0 Å². The molecule has 18 heavy (non-hydrogen) atoms. The van der Waals surface area contributed by atoms with Crippen molar-refractivity contribution < 1.29 is 9.90 Å². The Kier molecular flexibility index (Phi) is 3.63. The number of Topliss-reactive ketones (excluding diaryl/α,β-unsaturated/α-hetero) is 1. The van der Waals surface area contributed by atoms with Gasteiger partial charge in [-0.15, -0.1) is 0 Å². The molecule has 1 atom stereocenters. The van der Waals surface area contributed by atoms with Gasteiger partial charge in [0, 0.05) is 12.1 Å². The zero-order chi connectivity index (χ0) is 13.1. The van der Waals surface area contributed by atoms with Crippen molar-refractivity contribution in [1.29, 1.82) is 5.26 Å². The third-order valence-electron chi connectivity index (χ3n) is 3.21. The van der Waals surface area contributed by atoms with Crippen LogP contribution in [0.1, 0.15) is 35.7 Å². The number of carbonyl (C=O) groups is 1. The number of anilines is 1. The van der Waals surface area contributed by atoms with Crippen LogP contribution in [0.15, 0.2) is 18.2 Å². The van der Waals surface area contributed by atoms with Gasteiger partial charge in [-0.3, -0.25) is 4.79 Å². The Bertz CT molecular complexity index is 501. The number of nitrogens with zero attached hydrogens (tertiary/aromatic N) is 1. The molecular formula is C14H16N2O2. The van der Waals surface area contributed by atoms with Gasteiger partial charge in [0.05, 0.1) is 17.4 Å². The van der Waals surface area contributed by atoms with Gasteiger partial charge in [0.2, 0.25) is 0 Å². The number of nitriles is 1. The molecule has 2 rings (SSSR count). The van der Waals surface area contributed by atoms with E-state index in [0.29, 0.717) is 29.3 Å². The van der Waals surface area contributed by atoms with Crippen LogP contribution in [0.3, 0.4) is 0 Å². The van der Waals surface area contributed by atoms with Crippen molar-refractivity contribution in [3.8, 4) is 6.07 Å². The molecule has 1 saturated carbocycles. The molecule has 0 heterocycles. The Morgan fingerprint density at radius 3 is 2.89 bits per heavy atom. The van der Waals surface area contributed by atoms with Crippen LogP contribution >= 0.6 is 0 Å². The Labute approximate surface area is 106 Å². The van der Waals surface area contributed by atoms with Crippen LogP contribution in [0.25, 0.3) is 0 Å². The topological polar surface area (TPSA) is 73.1 Å². The minimum atomic E-state index is -0.377. The second-order valence-corrected chi connectivity index (χ2v) is 4.71. The number of benzene rings is 1. The normalized spacial score (nSPS) is 15.8. The van der Waals surface area contributed by atoms with E-state index in [1.54, 1.807) is 18.2 Å². The maximum atomic E-state index is 11.3. The molecule has 94 valence electrons. The van der Waals surface area contributed by atoms with E-state index in [1.165, 1.54) is 6.92 Å². The number of nitrogens with one attached hydrogen (secondary N) is 1. The van der Waals surface area contributed by atoms with Gasteiger partial charge in [0.1, 0.15) is 6.07 Å². The summed E-state index contributed by atoms with van der Waals surface area (Å²) < 4.78 is 0. The maximum Gasteiger partial charge on any atom is 0.159 e. The minimum absolute atomic E-state index is 0.0368. The second kappa shape index (κ2) is 5.19. The summed E-state index contributed by atoms with van der Waals surface area (Å²) in [6.45, 7) is 1.91. The molecule has 0 aromatic heterocycles. The predicted molar refractivity (Wildman–Crippen MR) is 68.4 cm³/mol. The first-order valence-corrected chi connectivity index (χ1v) is 6.09. The fraction of sp³-hybridized carbons (Fsp3) is 0.429. The van der Waals surface area contributed by atoms with E-state index in [4.69, 9.17) is 5.26 Å². The largest absolute Gasteiger partial charge is 0.391 e. The highest BCUT2D eigenvalue weighted by Crippen LogP contribution is 2.32. The molecule has 1 aliphatic rings. The summed E-state index contributed by atoms with van der Waals surface area (Å²) in [5.74, 6) is 0.351. The SMILES string of the molecule is CC(=O)c1ccc(C#N)c(NCC(O)C2CC2)c1. The van der Waals surface area contributed by atoms with Crippen LogP contribution in [0.4, 0.5) is 5.69 Å². The number of aliphatic hydroxyl groups excluding tert-OH is 1. The number of aliphatic hydroxyl groups is 1. The second-order valence-electron chi connectivity index (χ2n) is 4.71.